The molecule has 0 radical (unpaired) electrons. The Morgan fingerprint density at radius 2 is 1.88 bits per heavy atom. The predicted molar refractivity (Wildman–Crippen MR) is 102 cm³/mol. The van der Waals surface area contributed by atoms with Crippen LogP contribution in [0.5, 0.6) is 0 Å². The second kappa shape index (κ2) is 5.40. The van der Waals surface area contributed by atoms with Crippen LogP contribution in [0, 0.1) is 17.8 Å². The minimum atomic E-state index is 0.106. The molecule has 0 saturated heterocycles. The van der Waals surface area contributed by atoms with Crippen LogP contribution >= 0.6 is 23.1 Å². The van der Waals surface area contributed by atoms with Gasteiger partial charge in [0.05, 0.1) is 5.03 Å². The summed E-state index contributed by atoms with van der Waals surface area (Å²) in [5.41, 5.74) is 2.62. The van der Waals surface area contributed by atoms with E-state index >= 15 is 0 Å². The number of rotatable bonds is 2. The zero-order valence-corrected chi connectivity index (χ0v) is 15.6. The summed E-state index contributed by atoms with van der Waals surface area (Å²) in [7, 11) is 4.16. The molecule has 3 nitrogen and oxygen atoms in total. The highest BCUT2D eigenvalue weighted by Crippen LogP contribution is 2.63. The van der Waals surface area contributed by atoms with Gasteiger partial charge >= 0.3 is 4.87 Å². The van der Waals surface area contributed by atoms with Gasteiger partial charge in [-0.1, -0.05) is 23.5 Å². The van der Waals surface area contributed by atoms with Crippen LogP contribution in [0.4, 0.5) is 5.69 Å². The Labute approximate surface area is 150 Å². The van der Waals surface area contributed by atoms with E-state index in [2.05, 4.69) is 48.2 Å². The first-order chi connectivity index (χ1) is 11.6. The van der Waals surface area contributed by atoms with Gasteiger partial charge in [-0.25, -0.2) is 0 Å². The van der Waals surface area contributed by atoms with Crippen LogP contribution in [0.2, 0.25) is 0 Å². The quantitative estimate of drug-likeness (QED) is 0.876. The van der Waals surface area contributed by atoms with E-state index in [0.717, 1.165) is 16.9 Å². The van der Waals surface area contributed by atoms with Gasteiger partial charge < -0.3 is 9.88 Å². The zero-order valence-electron chi connectivity index (χ0n) is 14.0. The molecule has 0 spiro atoms. The van der Waals surface area contributed by atoms with E-state index in [9.17, 15) is 4.79 Å². The number of hydrogen-bond acceptors (Lipinski definition) is 4. The predicted octanol–water partition coefficient (Wildman–Crippen LogP) is 4.15. The summed E-state index contributed by atoms with van der Waals surface area (Å²) in [5.74, 6) is 2.81. The number of nitrogens with one attached hydrogen (secondary N) is 1. The highest BCUT2D eigenvalue weighted by Gasteiger charge is 2.54. The van der Waals surface area contributed by atoms with E-state index in [0.29, 0.717) is 17.1 Å². The summed E-state index contributed by atoms with van der Waals surface area (Å²) in [4.78, 5) is 18.7. The van der Waals surface area contributed by atoms with E-state index in [1.54, 1.807) is 0 Å². The van der Waals surface area contributed by atoms with Crippen molar-refractivity contribution in [3.63, 3.8) is 0 Å². The lowest BCUT2D eigenvalue weighted by Gasteiger charge is -2.40. The molecular formula is C19H22N2OS2. The Bertz CT molecular complexity index is 823. The van der Waals surface area contributed by atoms with Gasteiger partial charge in [0.1, 0.15) is 0 Å². The highest BCUT2D eigenvalue weighted by atomic mass is 32.2. The molecule has 1 aliphatic heterocycles. The van der Waals surface area contributed by atoms with Gasteiger partial charge in [0, 0.05) is 35.8 Å². The molecule has 126 valence electrons. The molecule has 0 unspecified atom stereocenters. The molecule has 2 heterocycles. The minimum absolute atomic E-state index is 0.106. The summed E-state index contributed by atoms with van der Waals surface area (Å²) in [6.07, 6.45) is 4.16. The third-order valence-corrected chi connectivity index (χ3v) is 8.86. The molecule has 2 aliphatic carbocycles. The summed E-state index contributed by atoms with van der Waals surface area (Å²) in [5, 5.41) is 1.85. The number of nitrogens with zero attached hydrogens (tertiary/aromatic N) is 1. The number of thiazole rings is 1. The topological polar surface area (TPSA) is 36.1 Å². The summed E-state index contributed by atoms with van der Waals surface area (Å²) in [6.45, 7) is 0. The van der Waals surface area contributed by atoms with E-state index in [1.807, 2.05) is 11.8 Å². The van der Waals surface area contributed by atoms with Gasteiger partial charge in [-0.05, 0) is 54.7 Å². The number of aromatic amines is 1. The van der Waals surface area contributed by atoms with Gasteiger partial charge in [0.2, 0.25) is 0 Å². The fourth-order valence-corrected chi connectivity index (χ4v) is 8.10. The average molecular weight is 359 g/mol. The average Bonchev–Trinajstić information content (AvgIpc) is 3.26. The third kappa shape index (κ3) is 2.14. The van der Waals surface area contributed by atoms with Gasteiger partial charge in [0.25, 0.3) is 0 Å². The third-order valence-electron chi connectivity index (χ3n) is 6.23. The van der Waals surface area contributed by atoms with Crippen molar-refractivity contribution in [2.75, 3.05) is 19.0 Å². The van der Waals surface area contributed by atoms with Crippen LogP contribution in [0.1, 0.15) is 35.6 Å². The number of benzene rings is 1. The van der Waals surface area contributed by atoms with Crippen molar-refractivity contribution in [3.05, 3.63) is 44.4 Å². The molecule has 1 aromatic carbocycles. The van der Waals surface area contributed by atoms with Crippen molar-refractivity contribution in [2.45, 2.75) is 35.5 Å². The number of anilines is 1. The Kier molecular flexibility index (Phi) is 3.39. The molecule has 5 heteroatoms. The Morgan fingerprint density at radius 3 is 2.62 bits per heavy atom. The maximum atomic E-state index is 12.0. The number of H-pyrrole nitrogens is 1. The minimum Gasteiger partial charge on any atom is -0.378 e. The summed E-state index contributed by atoms with van der Waals surface area (Å²) < 4.78 is 0. The van der Waals surface area contributed by atoms with Crippen molar-refractivity contribution >= 4 is 28.8 Å². The van der Waals surface area contributed by atoms with Crippen molar-refractivity contribution in [2.24, 2.45) is 17.8 Å². The number of aromatic nitrogens is 1. The first-order valence-corrected chi connectivity index (χ1v) is 10.5. The van der Waals surface area contributed by atoms with E-state index in [4.69, 9.17) is 0 Å². The molecule has 5 rings (SSSR count). The fourth-order valence-electron chi connectivity index (χ4n) is 5.20. The van der Waals surface area contributed by atoms with Crippen LogP contribution in [0.3, 0.4) is 0 Å². The molecule has 3 aliphatic rings. The second-order valence-corrected chi connectivity index (χ2v) is 9.87. The van der Waals surface area contributed by atoms with Crippen molar-refractivity contribution < 1.29 is 0 Å². The van der Waals surface area contributed by atoms with Crippen molar-refractivity contribution in [1.29, 1.82) is 0 Å². The van der Waals surface area contributed by atoms with Gasteiger partial charge in [0.15, 0.2) is 0 Å². The molecule has 24 heavy (non-hydrogen) atoms. The molecule has 0 amide bonds. The molecule has 5 atom stereocenters. The number of hydrogen-bond donors (Lipinski definition) is 1. The maximum absolute atomic E-state index is 12.0. The Morgan fingerprint density at radius 1 is 1.12 bits per heavy atom. The largest absolute Gasteiger partial charge is 0.378 e. The smallest absolute Gasteiger partial charge is 0.305 e. The van der Waals surface area contributed by atoms with Gasteiger partial charge in [-0.2, -0.15) is 0 Å². The van der Waals surface area contributed by atoms with Crippen molar-refractivity contribution in [3.8, 4) is 0 Å². The standard InChI is InChI=1S/C19H22N2OS2/c1-21(2)13-7-5-10(6-8-13)14-15-11-3-4-12(9-11)16(15)23-18-17(14)24-19(22)20-18/h5-8,11-12,14-16H,3-4,9H2,1-2H3,(H,20,22)/t11-,12-,14+,15-,16-/m1/s1. The van der Waals surface area contributed by atoms with Crippen LogP contribution in [-0.4, -0.2) is 24.3 Å². The molecule has 2 aromatic rings. The Hall–Kier alpha value is -1.20. The summed E-state index contributed by atoms with van der Waals surface area (Å²) >= 11 is 3.40. The fraction of sp³-hybridized carbons (Fsp3) is 0.526. The first-order valence-electron chi connectivity index (χ1n) is 8.79. The van der Waals surface area contributed by atoms with E-state index in [1.165, 1.54) is 46.7 Å². The summed E-state index contributed by atoms with van der Waals surface area (Å²) in [6, 6.07) is 9.00. The van der Waals surface area contributed by atoms with E-state index < -0.39 is 0 Å². The molecule has 2 bridgehead atoms. The van der Waals surface area contributed by atoms with Crippen LogP contribution in [0.25, 0.3) is 0 Å². The number of fused-ring (bicyclic) bond motifs is 6. The van der Waals surface area contributed by atoms with Crippen molar-refractivity contribution in [1.82, 2.24) is 4.98 Å². The van der Waals surface area contributed by atoms with Crippen LogP contribution in [0.15, 0.2) is 34.1 Å². The molecular weight excluding hydrogens is 336 g/mol. The molecule has 1 aromatic heterocycles. The Balaban J connectivity index is 1.62. The first kappa shape index (κ1) is 15.1. The van der Waals surface area contributed by atoms with Gasteiger partial charge in [-0.15, -0.1) is 11.8 Å². The maximum Gasteiger partial charge on any atom is 0.305 e. The second-order valence-electron chi connectivity index (χ2n) is 7.66. The zero-order chi connectivity index (χ0) is 16.4. The number of thioether (sulfide) groups is 1. The van der Waals surface area contributed by atoms with Crippen LogP contribution in [-0.2, 0) is 0 Å². The molecule has 2 fully saturated rings. The van der Waals surface area contributed by atoms with E-state index in [-0.39, 0.29) is 4.87 Å². The lowest BCUT2D eigenvalue weighted by Crippen LogP contribution is -2.33. The van der Waals surface area contributed by atoms with Crippen LogP contribution < -0.4 is 9.77 Å². The molecule has 1 N–H and O–H groups in total. The SMILES string of the molecule is CN(C)c1ccc([C@@H]2c3sc(=O)[nH]c3S[C@@H]3[C@@H]4CC[C@H](C4)[C@H]23)cc1. The monoisotopic (exact) mass is 358 g/mol. The highest BCUT2D eigenvalue weighted by molar-refractivity contribution is 8.00. The normalized spacial score (nSPS) is 33.3. The lowest BCUT2D eigenvalue weighted by molar-refractivity contribution is 0.307. The lowest BCUT2D eigenvalue weighted by atomic mass is 9.75. The van der Waals surface area contributed by atoms with Gasteiger partial charge in [-0.3, -0.25) is 4.79 Å². The molecule has 2 saturated carbocycles.